The van der Waals surface area contributed by atoms with Gasteiger partial charge < -0.3 is 24.5 Å². The molecule has 3 aromatic carbocycles. The molecule has 2 aliphatic carbocycles. The summed E-state index contributed by atoms with van der Waals surface area (Å²) in [7, 11) is 3.64. The van der Waals surface area contributed by atoms with Crippen LogP contribution in [-0.2, 0) is 35.6 Å². The number of benzene rings is 3. The summed E-state index contributed by atoms with van der Waals surface area (Å²) in [5, 5.41) is 4.35. The van der Waals surface area contributed by atoms with Crippen LogP contribution in [0.15, 0.2) is 48.5 Å². The molecule has 9 nitrogen and oxygen atoms in total. The third kappa shape index (κ3) is 6.71. The highest BCUT2D eigenvalue weighted by Crippen LogP contribution is 2.45. The van der Waals surface area contributed by atoms with Gasteiger partial charge in [0.2, 0.25) is 0 Å². The summed E-state index contributed by atoms with van der Waals surface area (Å²) in [6.45, 7) is 1.96. The molecule has 1 saturated carbocycles. The third-order valence-electron chi connectivity index (χ3n) is 8.82. The summed E-state index contributed by atoms with van der Waals surface area (Å²) >= 11 is 15.1. The fourth-order valence-electron chi connectivity index (χ4n) is 6.16. The number of methoxy groups -OCH3 is 1. The Hall–Kier alpha value is -3.67. The van der Waals surface area contributed by atoms with E-state index in [0.717, 1.165) is 78.7 Å². The van der Waals surface area contributed by atoms with E-state index in [2.05, 4.69) is 33.8 Å². The summed E-state index contributed by atoms with van der Waals surface area (Å²) in [5.74, 6) is 0.577. The highest BCUT2D eigenvalue weighted by Gasteiger charge is 2.32. The van der Waals surface area contributed by atoms with Crippen molar-refractivity contribution >= 4 is 52.1 Å². The van der Waals surface area contributed by atoms with E-state index >= 15 is 0 Å². The Morgan fingerprint density at radius 3 is 2.66 bits per heavy atom. The molecule has 1 fully saturated rings. The molecule has 1 aliphatic heterocycles. The number of carbonyl (C=O) groups is 2. The minimum absolute atomic E-state index is 0.00134. The van der Waals surface area contributed by atoms with Gasteiger partial charge in [-0.15, -0.1) is 16.8 Å². The van der Waals surface area contributed by atoms with Crippen LogP contribution in [-0.4, -0.2) is 42.5 Å². The minimum Gasteiger partial charge on any atom is -0.496 e. The van der Waals surface area contributed by atoms with E-state index < -0.39 is 0 Å². The molecule has 47 heavy (non-hydrogen) atoms. The van der Waals surface area contributed by atoms with Gasteiger partial charge in [-0.1, -0.05) is 53.5 Å². The normalized spacial score (nSPS) is 17.1. The van der Waals surface area contributed by atoms with Gasteiger partial charge in [0.15, 0.2) is 5.01 Å². The van der Waals surface area contributed by atoms with Gasteiger partial charge in [-0.3, -0.25) is 9.59 Å². The smallest absolute Gasteiger partial charge is 0.327 e. The number of nitrogens with one attached hydrogen (secondary N) is 2. The lowest BCUT2D eigenvalue weighted by Gasteiger charge is -2.20. The average Bonchev–Trinajstić information content (AvgIpc) is 3.71. The van der Waals surface area contributed by atoms with Crippen molar-refractivity contribution in [3.63, 3.8) is 0 Å². The number of hydrogen-bond acceptors (Lipinski definition) is 9. The first-order valence-electron chi connectivity index (χ1n) is 15.6. The van der Waals surface area contributed by atoms with E-state index in [1.165, 1.54) is 16.2 Å². The lowest BCUT2D eigenvalue weighted by molar-refractivity contribution is -0.153. The molecule has 12 heteroatoms. The van der Waals surface area contributed by atoms with E-state index in [1.807, 2.05) is 30.3 Å². The van der Waals surface area contributed by atoms with Gasteiger partial charge in [0.25, 0.3) is 5.91 Å². The summed E-state index contributed by atoms with van der Waals surface area (Å²) in [6, 6.07) is 15.3. The Labute approximate surface area is 287 Å². The Balaban J connectivity index is 1.08. The number of nitrogens with zero attached hydrogens (tertiary/aromatic N) is 2. The Bertz CT molecular complexity index is 1860. The predicted octanol–water partition coefficient (Wildman–Crippen LogP) is 7.39. The van der Waals surface area contributed by atoms with Crippen molar-refractivity contribution in [2.75, 3.05) is 26.0 Å². The molecule has 2 heterocycles. The number of hydrogen-bond donors (Lipinski definition) is 2. The first-order chi connectivity index (χ1) is 22.8. The van der Waals surface area contributed by atoms with Gasteiger partial charge >= 0.3 is 5.97 Å². The van der Waals surface area contributed by atoms with E-state index in [9.17, 15) is 9.59 Å². The van der Waals surface area contributed by atoms with E-state index in [4.69, 9.17) is 37.5 Å². The SMILES string of the molecule is COc1cc(OC2CCc3c(-c4cccc(NC(=O)c5nc6c(s5)CCN(C)C6)c4Cl)cccc32)c(Cl)cc1CNOC(=O)C1CC1. The van der Waals surface area contributed by atoms with Crippen molar-refractivity contribution in [2.24, 2.45) is 5.92 Å². The zero-order valence-electron chi connectivity index (χ0n) is 26.0. The van der Waals surface area contributed by atoms with Crippen LogP contribution in [0.3, 0.4) is 0 Å². The summed E-state index contributed by atoms with van der Waals surface area (Å²) in [4.78, 5) is 38.2. The molecule has 1 unspecified atom stereocenters. The molecule has 3 aliphatic rings. The maximum Gasteiger partial charge on any atom is 0.327 e. The Kier molecular flexibility index (Phi) is 9.13. The number of hydroxylamine groups is 1. The van der Waals surface area contributed by atoms with E-state index in [0.29, 0.717) is 32.2 Å². The maximum atomic E-state index is 13.2. The highest BCUT2D eigenvalue weighted by atomic mass is 35.5. The van der Waals surface area contributed by atoms with E-state index in [-0.39, 0.29) is 30.4 Å². The molecule has 0 spiro atoms. The van der Waals surface area contributed by atoms with Crippen LogP contribution in [0.5, 0.6) is 11.5 Å². The number of rotatable bonds is 10. The van der Waals surface area contributed by atoms with Crippen molar-refractivity contribution in [2.45, 2.75) is 51.3 Å². The zero-order chi connectivity index (χ0) is 32.7. The number of thiazole rings is 1. The van der Waals surface area contributed by atoms with Crippen molar-refractivity contribution in [1.29, 1.82) is 0 Å². The second-order valence-electron chi connectivity index (χ2n) is 12.1. The first kappa shape index (κ1) is 31.9. The van der Waals surface area contributed by atoms with Crippen molar-refractivity contribution in [3.05, 3.63) is 90.8 Å². The van der Waals surface area contributed by atoms with Gasteiger partial charge in [-0.25, -0.2) is 4.98 Å². The van der Waals surface area contributed by atoms with Crippen LogP contribution in [0, 0.1) is 5.92 Å². The monoisotopic (exact) mass is 692 g/mol. The number of aromatic nitrogens is 1. The molecule has 244 valence electrons. The number of carbonyl (C=O) groups excluding carboxylic acids is 2. The molecular formula is C35H34Cl2N4O5S. The number of amides is 1. The second kappa shape index (κ2) is 13.4. The number of fused-ring (bicyclic) bond motifs is 2. The number of ether oxygens (including phenoxy) is 2. The first-order valence-corrected chi connectivity index (χ1v) is 17.2. The lowest BCUT2D eigenvalue weighted by atomic mass is 9.96. The number of likely N-dealkylation sites (N-methyl/N-ethyl adjacent to an activating group) is 1. The molecule has 4 aromatic rings. The topological polar surface area (TPSA) is 102 Å². The molecular weight excluding hydrogens is 659 g/mol. The van der Waals surface area contributed by atoms with Gasteiger partial charge in [0.1, 0.15) is 17.6 Å². The Morgan fingerprint density at radius 2 is 1.85 bits per heavy atom. The van der Waals surface area contributed by atoms with Crippen LogP contribution in [0.25, 0.3) is 11.1 Å². The molecule has 7 rings (SSSR count). The second-order valence-corrected chi connectivity index (χ2v) is 14.0. The van der Waals surface area contributed by atoms with Gasteiger partial charge in [0.05, 0.1) is 41.0 Å². The Morgan fingerprint density at radius 1 is 1.04 bits per heavy atom. The average molecular weight is 694 g/mol. The van der Waals surface area contributed by atoms with Crippen LogP contribution in [0.2, 0.25) is 10.0 Å². The molecule has 0 saturated heterocycles. The van der Waals surface area contributed by atoms with Crippen LogP contribution in [0.1, 0.15) is 62.4 Å². The van der Waals surface area contributed by atoms with Crippen molar-refractivity contribution < 1.29 is 23.9 Å². The van der Waals surface area contributed by atoms with E-state index in [1.54, 1.807) is 19.2 Å². The number of anilines is 1. The summed E-state index contributed by atoms with van der Waals surface area (Å²) in [5.41, 5.74) is 9.00. The van der Waals surface area contributed by atoms with Gasteiger partial charge in [0, 0.05) is 35.2 Å². The van der Waals surface area contributed by atoms with Crippen molar-refractivity contribution in [3.8, 4) is 22.6 Å². The predicted molar refractivity (Wildman–Crippen MR) is 182 cm³/mol. The number of halogens is 2. The molecule has 1 amide bonds. The molecule has 1 atom stereocenters. The largest absolute Gasteiger partial charge is 0.496 e. The fourth-order valence-corrected chi connectivity index (χ4v) is 7.62. The molecule has 0 bridgehead atoms. The van der Waals surface area contributed by atoms with Crippen LogP contribution < -0.4 is 20.3 Å². The highest BCUT2D eigenvalue weighted by molar-refractivity contribution is 7.13. The van der Waals surface area contributed by atoms with Crippen LogP contribution >= 0.6 is 34.5 Å². The third-order valence-corrected chi connectivity index (χ3v) is 10.7. The molecule has 0 radical (unpaired) electrons. The lowest BCUT2D eigenvalue weighted by Crippen LogP contribution is -2.25. The quantitative estimate of drug-likeness (QED) is 0.166. The van der Waals surface area contributed by atoms with Gasteiger partial charge in [-0.2, -0.15) is 0 Å². The van der Waals surface area contributed by atoms with Crippen LogP contribution in [0.4, 0.5) is 5.69 Å². The minimum atomic E-state index is -0.258. The summed E-state index contributed by atoms with van der Waals surface area (Å²) in [6.07, 6.45) is 3.96. The maximum absolute atomic E-state index is 13.2. The van der Waals surface area contributed by atoms with Gasteiger partial charge in [-0.05, 0) is 68.0 Å². The van der Waals surface area contributed by atoms with Crippen molar-refractivity contribution in [1.82, 2.24) is 15.4 Å². The summed E-state index contributed by atoms with van der Waals surface area (Å²) < 4.78 is 12.1. The zero-order valence-corrected chi connectivity index (χ0v) is 28.4. The molecule has 1 aromatic heterocycles. The standard InChI is InChI=1S/C35H34Cl2N4O5S/c1-41-14-13-31-27(18-41)40-34(47-31)33(42)39-26-8-4-7-24(32(26)37)21-5-3-6-23-22(21)11-12-28(23)45-30-16-29(44-2)20(15-25(30)36)17-38-46-35(43)19-9-10-19/h3-8,15-16,19,28,38H,9-14,17-18H2,1-2H3,(H,39,42). The molecule has 2 N–H and O–H groups in total. The fraction of sp³-hybridized carbons (Fsp3) is 0.343.